The van der Waals surface area contributed by atoms with Gasteiger partial charge in [0.05, 0.1) is 6.42 Å². The van der Waals surface area contributed by atoms with Crippen molar-refractivity contribution in [1.29, 1.82) is 5.41 Å². The third-order valence-electron chi connectivity index (χ3n) is 4.10. The molecule has 0 spiro atoms. The van der Waals surface area contributed by atoms with Gasteiger partial charge in [-0.25, -0.2) is 4.39 Å². The van der Waals surface area contributed by atoms with E-state index < -0.39 is 6.17 Å². The lowest BCUT2D eigenvalue weighted by Crippen LogP contribution is -2.35. The number of halogens is 1. The highest BCUT2D eigenvalue weighted by atomic mass is 19.1. The Morgan fingerprint density at radius 1 is 1.08 bits per heavy atom. The van der Waals surface area contributed by atoms with Gasteiger partial charge in [-0.2, -0.15) is 0 Å². The van der Waals surface area contributed by atoms with Gasteiger partial charge in [-0.3, -0.25) is 4.79 Å². The molecule has 3 rings (SSSR count). The second-order valence-electron chi connectivity index (χ2n) is 5.78. The van der Waals surface area contributed by atoms with E-state index >= 15 is 0 Å². The molecule has 0 aromatic heterocycles. The van der Waals surface area contributed by atoms with Gasteiger partial charge in [-0.05, 0) is 39.6 Å². The summed E-state index contributed by atoms with van der Waals surface area (Å²) < 4.78 is 13.0. The van der Waals surface area contributed by atoms with Crippen molar-refractivity contribution in [1.82, 2.24) is 5.32 Å². The van der Waals surface area contributed by atoms with Crippen LogP contribution in [0.3, 0.4) is 0 Å². The maximum atomic E-state index is 13.0. The first-order valence-electron chi connectivity index (χ1n) is 7.90. The van der Waals surface area contributed by atoms with E-state index in [9.17, 15) is 9.18 Å². The van der Waals surface area contributed by atoms with Gasteiger partial charge in [-0.15, -0.1) is 0 Å². The normalized spacial score (nSPS) is 11.9. The van der Waals surface area contributed by atoms with Crippen molar-refractivity contribution >= 4 is 22.9 Å². The zero-order chi connectivity index (χ0) is 17.8. The molecule has 0 radical (unpaired) electrons. The SMILES string of the molecule is N=Cc1ccc(CC(=O)NC(N)c2ccc(F)cc2)c2ccccc12. The Hall–Kier alpha value is -3.05. The second kappa shape index (κ2) is 7.23. The van der Waals surface area contributed by atoms with Gasteiger partial charge < -0.3 is 16.5 Å². The average Bonchev–Trinajstić information content (AvgIpc) is 2.62. The molecule has 4 nitrogen and oxygen atoms in total. The van der Waals surface area contributed by atoms with Crippen molar-refractivity contribution in [2.75, 3.05) is 0 Å². The fourth-order valence-electron chi connectivity index (χ4n) is 2.82. The minimum absolute atomic E-state index is 0.174. The summed E-state index contributed by atoms with van der Waals surface area (Å²) in [7, 11) is 0. The fraction of sp³-hybridized carbons (Fsp3) is 0.100. The van der Waals surface area contributed by atoms with Crippen molar-refractivity contribution in [2.45, 2.75) is 12.6 Å². The molecule has 3 aromatic carbocycles. The van der Waals surface area contributed by atoms with E-state index in [0.29, 0.717) is 5.56 Å². The Morgan fingerprint density at radius 2 is 1.76 bits per heavy atom. The lowest BCUT2D eigenvalue weighted by atomic mass is 9.98. The minimum atomic E-state index is -0.694. The molecule has 0 saturated carbocycles. The van der Waals surface area contributed by atoms with Gasteiger partial charge in [0.2, 0.25) is 5.91 Å². The largest absolute Gasteiger partial charge is 0.337 e. The summed E-state index contributed by atoms with van der Waals surface area (Å²) in [6, 6.07) is 17.1. The monoisotopic (exact) mass is 335 g/mol. The number of nitrogens with one attached hydrogen (secondary N) is 2. The number of carbonyl (C=O) groups is 1. The van der Waals surface area contributed by atoms with Crippen molar-refractivity contribution in [3.8, 4) is 0 Å². The van der Waals surface area contributed by atoms with Crippen molar-refractivity contribution < 1.29 is 9.18 Å². The standard InChI is InChI=1S/C20H18FN3O/c21-16-9-7-13(8-10-16)20(23)24-19(25)11-14-5-6-15(12-22)18-4-2-1-3-17(14)18/h1-10,12,20,22H,11,23H2,(H,24,25). The maximum Gasteiger partial charge on any atom is 0.225 e. The zero-order valence-corrected chi connectivity index (χ0v) is 13.5. The van der Waals surface area contributed by atoms with E-state index in [4.69, 9.17) is 11.1 Å². The number of rotatable bonds is 5. The Labute approximate surface area is 145 Å². The van der Waals surface area contributed by atoms with E-state index in [-0.39, 0.29) is 18.1 Å². The summed E-state index contributed by atoms with van der Waals surface area (Å²) in [6.45, 7) is 0. The van der Waals surface area contributed by atoms with Gasteiger partial charge >= 0.3 is 0 Å². The number of fused-ring (bicyclic) bond motifs is 1. The number of hydrogen-bond donors (Lipinski definition) is 3. The first-order valence-corrected chi connectivity index (χ1v) is 7.90. The van der Waals surface area contributed by atoms with Gasteiger partial charge in [0, 0.05) is 6.21 Å². The Morgan fingerprint density at radius 3 is 2.44 bits per heavy atom. The molecular formula is C20H18FN3O. The Bertz CT molecular complexity index is 922. The summed E-state index contributed by atoms with van der Waals surface area (Å²) in [5, 5.41) is 12.1. The molecule has 0 heterocycles. The first-order chi connectivity index (χ1) is 12.1. The summed E-state index contributed by atoms with van der Waals surface area (Å²) >= 11 is 0. The molecule has 1 atom stereocenters. The van der Waals surface area contributed by atoms with Crippen LogP contribution < -0.4 is 11.1 Å². The molecule has 1 unspecified atom stereocenters. The molecule has 3 aromatic rings. The van der Waals surface area contributed by atoms with E-state index in [0.717, 1.165) is 21.9 Å². The maximum absolute atomic E-state index is 13.0. The predicted molar refractivity (Wildman–Crippen MR) is 97.0 cm³/mol. The van der Waals surface area contributed by atoms with Crippen molar-refractivity contribution in [3.05, 3.63) is 83.2 Å². The molecule has 0 aliphatic carbocycles. The molecule has 25 heavy (non-hydrogen) atoms. The van der Waals surface area contributed by atoms with Gasteiger partial charge in [0.25, 0.3) is 0 Å². The predicted octanol–water partition coefficient (Wildman–Crippen LogP) is 3.29. The molecule has 5 heteroatoms. The minimum Gasteiger partial charge on any atom is -0.337 e. The Balaban J connectivity index is 1.78. The molecule has 0 fully saturated rings. The van der Waals surface area contributed by atoms with E-state index in [1.807, 2.05) is 36.4 Å². The van der Waals surface area contributed by atoms with Crippen LogP contribution in [0.2, 0.25) is 0 Å². The highest BCUT2D eigenvalue weighted by molar-refractivity contribution is 6.01. The lowest BCUT2D eigenvalue weighted by Gasteiger charge is -2.15. The van der Waals surface area contributed by atoms with E-state index in [1.165, 1.54) is 18.3 Å². The fourth-order valence-corrected chi connectivity index (χ4v) is 2.82. The molecule has 4 N–H and O–H groups in total. The summed E-state index contributed by atoms with van der Waals surface area (Å²) in [6.07, 6.45) is 0.782. The van der Waals surface area contributed by atoms with Crippen molar-refractivity contribution in [2.24, 2.45) is 5.73 Å². The Kier molecular flexibility index (Phi) is 4.86. The van der Waals surface area contributed by atoms with Crippen LogP contribution in [-0.4, -0.2) is 12.1 Å². The molecule has 0 bridgehead atoms. The highest BCUT2D eigenvalue weighted by Crippen LogP contribution is 2.22. The van der Waals surface area contributed by atoms with Crippen LogP contribution in [0.4, 0.5) is 4.39 Å². The number of benzene rings is 3. The molecule has 0 saturated heterocycles. The topological polar surface area (TPSA) is 79.0 Å². The molecule has 126 valence electrons. The highest BCUT2D eigenvalue weighted by Gasteiger charge is 2.13. The van der Waals surface area contributed by atoms with Gasteiger partial charge in [-0.1, -0.05) is 48.5 Å². The van der Waals surface area contributed by atoms with Crippen molar-refractivity contribution in [3.63, 3.8) is 0 Å². The summed E-state index contributed by atoms with van der Waals surface area (Å²) in [5.41, 5.74) is 8.29. The third-order valence-corrected chi connectivity index (χ3v) is 4.10. The van der Waals surface area contributed by atoms with E-state index in [2.05, 4.69) is 5.32 Å². The van der Waals surface area contributed by atoms with E-state index in [1.54, 1.807) is 12.1 Å². The second-order valence-corrected chi connectivity index (χ2v) is 5.78. The van der Waals surface area contributed by atoms with Gasteiger partial charge in [0.1, 0.15) is 12.0 Å². The van der Waals surface area contributed by atoms with Crippen LogP contribution >= 0.6 is 0 Å². The summed E-state index contributed by atoms with van der Waals surface area (Å²) in [5.74, 6) is -0.565. The number of amides is 1. The molecule has 1 amide bonds. The van der Waals surface area contributed by atoms with Crippen LogP contribution in [0.25, 0.3) is 10.8 Å². The smallest absolute Gasteiger partial charge is 0.225 e. The first kappa shape index (κ1) is 16.8. The number of carbonyl (C=O) groups excluding carboxylic acids is 1. The molecular weight excluding hydrogens is 317 g/mol. The molecule has 0 aliphatic rings. The van der Waals surface area contributed by atoms with Crippen LogP contribution in [-0.2, 0) is 11.2 Å². The van der Waals surface area contributed by atoms with Crippen LogP contribution in [0, 0.1) is 11.2 Å². The lowest BCUT2D eigenvalue weighted by molar-refractivity contribution is -0.121. The summed E-state index contributed by atoms with van der Waals surface area (Å²) in [4.78, 5) is 12.4. The van der Waals surface area contributed by atoms with Crippen LogP contribution in [0.1, 0.15) is 22.9 Å². The average molecular weight is 335 g/mol. The van der Waals surface area contributed by atoms with Gasteiger partial charge in [0.15, 0.2) is 0 Å². The number of nitrogens with two attached hydrogens (primary N) is 1. The van der Waals surface area contributed by atoms with Crippen LogP contribution in [0.5, 0.6) is 0 Å². The quantitative estimate of drug-likeness (QED) is 0.494. The zero-order valence-electron chi connectivity index (χ0n) is 13.5. The number of hydrogen-bond acceptors (Lipinski definition) is 3. The third kappa shape index (κ3) is 3.72. The molecule has 0 aliphatic heterocycles. The van der Waals surface area contributed by atoms with Crippen LogP contribution in [0.15, 0.2) is 60.7 Å².